The van der Waals surface area contributed by atoms with Gasteiger partial charge in [0.15, 0.2) is 0 Å². The Morgan fingerprint density at radius 2 is 2.06 bits per heavy atom. The Bertz CT molecular complexity index is 390. The van der Waals surface area contributed by atoms with Gasteiger partial charge in [-0.25, -0.2) is 0 Å². The van der Waals surface area contributed by atoms with Crippen molar-refractivity contribution < 1.29 is 4.74 Å². The number of halogens is 1. The Morgan fingerprint density at radius 3 is 2.56 bits per heavy atom. The number of methoxy groups -OCH3 is 1. The lowest BCUT2D eigenvalue weighted by molar-refractivity contribution is 0.00697. The van der Waals surface area contributed by atoms with Crippen molar-refractivity contribution in [3.8, 4) is 0 Å². The highest BCUT2D eigenvalue weighted by Gasteiger charge is 2.23. The quantitative estimate of drug-likeness (QED) is 0.839. The Morgan fingerprint density at radius 1 is 1.39 bits per heavy atom. The van der Waals surface area contributed by atoms with E-state index in [0.29, 0.717) is 0 Å². The highest BCUT2D eigenvalue weighted by atomic mass is 35.5. The van der Waals surface area contributed by atoms with E-state index in [1.165, 1.54) is 5.56 Å². The van der Waals surface area contributed by atoms with Crippen molar-refractivity contribution in [2.45, 2.75) is 45.8 Å². The van der Waals surface area contributed by atoms with Gasteiger partial charge in [-0.05, 0) is 50.9 Å². The van der Waals surface area contributed by atoms with Crippen LogP contribution in [0.15, 0.2) is 18.2 Å². The second-order valence-corrected chi connectivity index (χ2v) is 5.69. The second-order valence-electron chi connectivity index (χ2n) is 5.29. The van der Waals surface area contributed by atoms with Gasteiger partial charge >= 0.3 is 0 Å². The molecule has 0 aliphatic rings. The van der Waals surface area contributed by atoms with Crippen LogP contribution in [0, 0.1) is 6.92 Å². The van der Waals surface area contributed by atoms with Gasteiger partial charge in [0.25, 0.3) is 0 Å². The third kappa shape index (κ3) is 4.27. The number of nitrogens with one attached hydrogen (secondary N) is 1. The molecule has 0 saturated heterocycles. The topological polar surface area (TPSA) is 21.3 Å². The summed E-state index contributed by atoms with van der Waals surface area (Å²) in [6.07, 6.45) is 0.913. The number of benzene rings is 1. The van der Waals surface area contributed by atoms with Gasteiger partial charge in [0.2, 0.25) is 0 Å². The van der Waals surface area contributed by atoms with E-state index in [2.05, 4.69) is 44.3 Å². The van der Waals surface area contributed by atoms with E-state index < -0.39 is 0 Å². The highest BCUT2D eigenvalue weighted by Crippen LogP contribution is 2.28. The van der Waals surface area contributed by atoms with E-state index in [-0.39, 0.29) is 11.6 Å². The molecule has 102 valence electrons. The molecule has 3 heteroatoms. The van der Waals surface area contributed by atoms with Crippen molar-refractivity contribution in [3.05, 3.63) is 34.3 Å². The van der Waals surface area contributed by atoms with Crippen molar-refractivity contribution in [2.75, 3.05) is 13.7 Å². The first-order valence-corrected chi connectivity index (χ1v) is 6.82. The molecule has 0 saturated carbocycles. The first kappa shape index (κ1) is 15.5. The molecular weight excluding hydrogens is 246 g/mol. The van der Waals surface area contributed by atoms with Gasteiger partial charge in [-0.15, -0.1) is 0 Å². The van der Waals surface area contributed by atoms with Gasteiger partial charge < -0.3 is 10.1 Å². The average molecular weight is 270 g/mol. The molecule has 0 amide bonds. The van der Waals surface area contributed by atoms with E-state index in [9.17, 15) is 0 Å². The molecule has 1 aromatic rings. The SMILES string of the molecule is CCNC(CC(C)(C)OC)c1ccc(C)c(Cl)c1. The molecule has 0 aliphatic heterocycles. The fourth-order valence-electron chi connectivity index (χ4n) is 1.96. The summed E-state index contributed by atoms with van der Waals surface area (Å²) in [5, 5.41) is 4.32. The highest BCUT2D eigenvalue weighted by molar-refractivity contribution is 6.31. The number of ether oxygens (including phenoxy) is 1. The van der Waals surface area contributed by atoms with Crippen LogP contribution >= 0.6 is 11.6 Å². The molecular formula is C15H24ClNO. The Labute approximate surface area is 116 Å². The van der Waals surface area contributed by atoms with Gasteiger partial charge in [0.05, 0.1) is 5.60 Å². The average Bonchev–Trinajstić information content (AvgIpc) is 2.32. The van der Waals surface area contributed by atoms with Crippen LogP contribution in [0.2, 0.25) is 5.02 Å². The molecule has 0 aromatic heterocycles. The van der Waals surface area contributed by atoms with Crippen LogP contribution in [-0.4, -0.2) is 19.3 Å². The molecule has 0 bridgehead atoms. The van der Waals surface area contributed by atoms with Crippen LogP contribution in [-0.2, 0) is 4.74 Å². The number of aryl methyl sites for hydroxylation is 1. The lowest BCUT2D eigenvalue weighted by Gasteiger charge is -2.29. The van der Waals surface area contributed by atoms with Gasteiger partial charge in [0.1, 0.15) is 0 Å². The smallest absolute Gasteiger partial charge is 0.0640 e. The van der Waals surface area contributed by atoms with Crippen molar-refractivity contribution in [2.24, 2.45) is 0 Å². The zero-order valence-corrected chi connectivity index (χ0v) is 12.8. The fraction of sp³-hybridized carbons (Fsp3) is 0.600. The summed E-state index contributed by atoms with van der Waals surface area (Å²) in [5.41, 5.74) is 2.18. The van der Waals surface area contributed by atoms with E-state index in [1.807, 2.05) is 6.92 Å². The van der Waals surface area contributed by atoms with E-state index >= 15 is 0 Å². The minimum Gasteiger partial charge on any atom is -0.379 e. The second kappa shape index (κ2) is 6.55. The van der Waals surface area contributed by atoms with Crippen LogP contribution in [0.25, 0.3) is 0 Å². The Balaban J connectivity index is 2.93. The van der Waals surface area contributed by atoms with Gasteiger partial charge in [-0.1, -0.05) is 30.7 Å². The summed E-state index contributed by atoms with van der Waals surface area (Å²) in [6.45, 7) is 9.27. The first-order valence-electron chi connectivity index (χ1n) is 6.44. The van der Waals surface area contributed by atoms with Crippen molar-refractivity contribution in [1.29, 1.82) is 0 Å². The molecule has 0 spiro atoms. The van der Waals surface area contributed by atoms with Crippen LogP contribution in [0.4, 0.5) is 0 Å². The minimum atomic E-state index is -0.149. The maximum atomic E-state index is 6.20. The van der Waals surface area contributed by atoms with E-state index in [4.69, 9.17) is 16.3 Å². The summed E-state index contributed by atoms with van der Waals surface area (Å²) >= 11 is 6.20. The normalized spacial score (nSPS) is 13.7. The fourth-order valence-corrected chi connectivity index (χ4v) is 2.14. The molecule has 1 aromatic carbocycles. The van der Waals surface area contributed by atoms with Crippen LogP contribution < -0.4 is 5.32 Å². The molecule has 2 nitrogen and oxygen atoms in total. The van der Waals surface area contributed by atoms with Gasteiger partial charge in [0, 0.05) is 18.2 Å². The molecule has 1 unspecified atom stereocenters. The largest absolute Gasteiger partial charge is 0.379 e. The Kier molecular flexibility index (Phi) is 5.64. The summed E-state index contributed by atoms with van der Waals surface area (Å²) < 4.78 is 5.52. The molecule has 0 heterocycles. The lowest BCUT2D eigenvalue weighted by atomic mass is 9.93. The van der Waals surface area contributed by atoms with Crippen molar-refractivity contribution in [3.63, 3.8) is 0 Å². The zero-order chi connectivity index (χ0) is 13.8. The lowest BCUT2D eigenvalue weighted by Crippen LogP contribution is -2.32. The molecule has 18 heavy (non-hydrogen) atoms. The van der Waals surface area contributed by atoms with E-state index in [0.717, 1.165) is 23.6 Å². The summed E-state index contributed by atoms with van der Waals surface area (Å²) in [6, 6.07) is 6.53. The maximum absolute atomic E-state index is 6.20. The summed E-state index contributed by atoms with van der Waals surface area (Å²) in [5.74, 6) is 0. The molecule has 1 atom stereocenters. The van der Waals surface area contributed by atoms with Crippen LogP contribution in [0.5, 0.6) is 0 Å². The van der Waals surface area contributed by atoms with Crippen LogP contribution in [0.1, 0.15) is 44.4 Å². The summed E-state index contributed by atoms with van der Waals surface area (Å²) in [7, 11) is 1.76. The zero-order valence-electron chi connectivity index (χ0n) is 12.0. The third-order valence-electron chi connectivity index (χ3n) is 3.30. The van der Waals surface area contributed by atoms with Gasteiger partial charge in [-0.2, -0.15) is 0 Å². The standard InChI is InChI=1S/C15H24ClNO/c1-6-17-14(10-15(3,4)18-5)12-8-7-11(2)13(16)9-12/h7-9,14,17H,6,10H2,1-5H3. The molecule has 1 N–H and O–H groups in total. The number of hydrogen-bond acceptors (Lipinski definition) is 2. The molecule has 1 rings (SSSR count). The Hall–Kier alpha value is -0.570. The minimum absolute atomic E-state index is 0.149. The van der Waals surface area contributed by atoms with Crippen molar-refractivity contribution in [1.82, 2.24) is 5.32 Å². The number of hydrogen-bond donors (Lipinski definition) is 1. The monoisotopic (exact) mass is 269 g/mol. The predicted octanol–water partition coefficient (Wildman–Crippen LogP) is 4.11. The van der Waals surface area contributed by atoms with Gasteiger partial charge in [-0.3, -0.25) is 0 Å². The maximum Gasteiger partial charge on any atom is 0.0640 e. The third-order valence-corrected chi connectivity index (χ3v) is 3.70. The van der Waals surface area contributed by atoms with Crippen molar-refractivity contribution >= 4 is 11.6 Å². The molecule has 0 radical (unpaired) electrons. The van der Waals surface area contributed by atoms with E-state index in [1.54, 1.807) is 7.11 Å². The van der Waals surface area contributed by atoms with Crippen LogP contribution in [0.3, 0.4) is 0 Å². The predicted molar refractivity (Wildman–Crippen MR) is 78.3 cm³/mol. The summed E-state index contributed by atoms with van der Waals surface area (Å²) in [4.78, 5) is 0. The number of rotatable bonds is 6. The molecule has 0 fully saturated rings. The first-order chi connectivity index (χ1) is 8.39. The molecule has 0 aliphatic carbocycles.